The Hall–Kier alpha value is -2.17. The van der Waals surface area contributed by atoms with Crippen LogP contribution < -0.4 is 4.90 Å². The number of aryl methyl sites for hydroxylation is 1. The average molecular weight is 230 g/mol. The number of benzene rings is 1. The summed E-state index contributed by atoms with van der Waals surface area (Å²) in [7, 11) is 1.76. The van der Waals surface area contributed by atoms with E-state index in [4.69, 9.17) is 0 Å². The van der Waals surface area contributed by atoms with Gasteiger partial charge in [0, 0.05) is 12.7 Å². The van der Waals surface area contributed by atoms with E-state index in [-0.39, 0.29) is 12.5 Å². The highest BCUT2D eigenvalue weighted by Crippen LogP contribution is 2.17. The molecule has 1 aromatic carbocycles. The largest absolute Gasteiger partial charge is 0.314 e. The van der Waals surface area contributed by atoms with Crippen molar-refractivity contribution in [3.05, 3.63) is 42.2 Å². The molecule has 5 heteroatoms. The zero-order chi connectivity index (χ0) is 12.3. The molecule has 0 N–H and O–H groups in total. The van der Waals surface area contributed by atoms with Gasteiger partial charge < -0.3 is 4.90 Å². The van der Waals surface area contributed by atoms with Gasteiger partial charge in [-0.05, 0) is 18.6 Å². The molecule has 0 unspecified atom stereocenters. The van der Waals surface area contributed by atoms with Gasteiger partial charge >= 0.3 is 0 Å². The first kappa shape index (κ1) is 11.3. The van der Waals surface area contributed by atoms with Crippen molar-refractivity contribution in [2.75, 3.05) is 11.9 Å². The number of carbonyl (C=O) groups is 1. The van der Waals surface area contributed by atoms with Crippen molar-refractivity contribution in [1.82, 2.24) is 15.0 Å². The summed E-state index contributed by atoms with van der Waals surface area (Å²) < 4.78 is 0. The summed E-state index contributed by atoms with van der Waals surface area (Å²) in [6, 6.07) is 7.76. The van der Waals surface area contributed by atoms with E-state index in [1.807, 2.05) is 31.2 Å². The number of rotatable bonds is 3. The van der Waals surface area contributed by atoms with Crippen LogP contribution in [-0.2, 0) is 11.3 Å². The summed E-state index contributed by atoms with van der Waals surface area (Å²) in [5.41, 5.74) is 1.97. The standard InChI is InChI=1S/C12H14N4O/c1-10-5-3-4-6-11(10)15(2)12(17)9-16-13-7-8-14-16/h3-8H,9H2,1-2H3. The molecule has 0 atom stereocenters. The van der Waals surface area contributed by atoms with Crippen LogP contribution in [0.5, 0.6) is 0 Å². The SMILES string of the molecule is Cc1ccccc1N(C)C(=O)Cn1nccn1. The molecule has 0 aliphatic carbocycles. The summed E-state index contributed by atoms with van der Waals surface area (Å²) in [6.07, 6.45) is 3.11. The maximum absolute atomic E-state index is 12.0. The highest BCUT2D eigenvalue weighted by Gasteiger charge is 2.13. The van der Waals surface area contributed by atoms with Crippen molar-refractivity contribution in [3.8, 4) is 0 Å². The molecule has 0 bridgehead atoms. The molecule has 2 aromatic rings. The minimum absolute atomic E-state index is 0.0458. The molecule has 5 nitrogen and oxygen atoms in total. The number of para-hydroxylation sites is 1. The predicted molar refractivity (Wildman–Crippen MR) is 64.6 cm³/mol. The lowest BCUT2D eigenvalue weighted by atomic mass is 10.2. The van der Waals surface area contributed by atoms with Crippen molar-refractivity contribution in [1.29, 1.82) is 0 Å². The molecular formula is C12H14N4O. The van der Waals surface area contributed by atoms with Gasteiger partial charge in [0.15, 0.2) is 0 Å². The molecule has 0 aliphatic heterocycles. The monoisotopic (exact) mass is 230 g/mol. The van der Waals surface area contributed by atoms with E-state index < -0.39 is 0 Å². The van der Waals surface area contributed by atoms with Crippen LogP contribution in [0.25, 0.3) is 0 Å². The number of amides is 1. The van der Waals surface area contributed by atoms with Gasteiger partial charge in [-0.25, -0.2) is 0 Å². The molecule has 0 spiro atoms. The summed E-state index contributed by atoms with van der Waals surface area (Å²) in [4.78, 5) is 15.0. The molecule has 1 heterocycles. The number of hydrogen-bond acceptors (Lipinski definition) is 3. The lowest BCUT2D eigenvalue weighted by molar-refractivity contribution is -0.119. The Morgan fingerprint density at radius 1 is 1.29 bits per heavy atom. The topological polar surface area (TPSA) is 51.0 Å². The minimum atomic E-state index is -0.0458. The third-order valence-electron chi connectivity index (χ3n) is 2.59. The third kappa shape index (κ3) is 2.50. The van der Waals surface area contributed by atoms with Crippen LogP contribution in [0, 0.1) is 6.92 Å². The van der Waals surface area contributed by atoms with Crippen LogP contribution in [-0.4, -0.2) is 27.9 Å². The number of anilines is 1. The first-order valence-electron chi connectivity index (χ1n) is 5.35. The third-order valence-corrected chi connectivity index (χ3v) is 2.59. The van der Waals surface area contributed by atoms with Crippen LogP contribution in [0.3, 0.4) is 0 Å². The maximum Gasteiger partial charge on any atom is 0.250 e. The normalized spacial score (nSPS) is 10.2. The highest BCUT2D eigenvalue weighted by atomic mass is 16.2. The van der Waals surface area contributed by atoms with Crippen LogP contribution in [0.2, 0.25) is 0 Å². The summed E-state index contributed by atoms with van der Waals surface area (Å²) in [5.74, 6) is -0.0458. The smallest absolute Gasteiger partial charge is 0.250 e. The van der Waals surface area contributed by atoms with Gasteiger partial charge in [0.05, 0.1) is 12.4 Å². The Morgan fingerprint density at radius 2 is 1.94 bits per heavy atom. The second-order valence-electron chi connectivity index (χ2n) is 3.80. The fraction of sp³-hybridized carbons (Fsp3) is 0.250. The van der Waals surface area contributed by atoms with Crippen molar-refractivity contribution < 1.29 is 4.79 Å². The van der Waals surface area contributed by atoms with Gasteiger partial charge in [-0.3, -0.25) is 4.79 Å². The molecule has 0 saturated heterocycles. The van der Waals surface area contributed by atoms with E-state index in [0.717, 1.165) is 11.3 Å². The first-order chi connectivity index (χ1) is 8.18. The fourth-order valence-electron chi connectivity index (χ4n) is 1.63. The molecular weight excluding hydrogens is 216 g/mol. The van der Waals surface area contributed by atoms with Gasteiger partial charge in [0.1, 0.15) is 6.54 Å². The second-order valence-corrected chi connectivity index (χ2v) is 3.80. The van der Waals surface area contributed by atoms with Crippen molar-refractivity contribution in [2.24, 2.45) is 0 Å². The molecule has 1 aromatic heterocycles. The predicted octanol–water partition coefficient (Wildman–Crippen LogP) is 1.25. The second kappa shape index (κ2) is 4.78. The maximum atomic E-state index is 12.0. The van der Waals surface area contributed by atoms with Crippen LogP contribution in [0.4, 0.5) is 5.69 Å². The number of nitrogens with zero attached hydrogens (tertiary/aromatic N) is 4. The number of hydrogen-bond donors (Lipinski definition) is 0. The Morgan fingerprint density at radius 3 is 2.59 bits per heavy atom. The van der Waals surface area contributed by atoms with E-state index in [0.29, 0.717) is 0 Å². The number of likely N-dealkylation sites (N-methyl/N-ethyl adjacent to an activating group) is 1. The molecule has 0 saturated carbocycles. The molecule has 1 amide bonds. The summed E-state index contributed by atoms with van der Waals surface area (Å²) in [6.45, 7) is 2.13. The van der Waals surface area contributed by atoms with E-state index in [9.17, 15) is 4.79 Å². The van der Waals surface area contributed by atoms with Gasteiger partial charge in [-0.1, -0.05) is 18.2 Å². The molecule has 2 rings (SSSR count). The van der Waals surface area contributed by atoms with Gasteiger partial charge in [0.25, 0.3) is 0 Å². The first-order valence-corrected chi connectivity index (χ1v) is 5.35. The quantitative estimate of drug-likeness (QED) is 0.797. The summed E-state index contributed by atoms with van der Waals surface area (Å²) in [5, 5.41) is 7.83. The van der Waals surface area contributed by atoms with Crippen LogP contribution >= 0.6 is 0 Å². The van der Waals surface area contributed by atoms with Crippen LogP contribution in [0.1, 0.15) is 5.56 Å². The van der Waals surface area contributed by atoms with Crippen molar-refractivity contribution >= 4 is 11.6 Å². The van der Waals surface area contributed by atoms with Gasteiger partial charge in [0.2, 0.25) is 5.91 Å². The van der Waals surface area contributed by atoms with Gasteiger partial charge in [-0.15, -0.1) is 0 Å². The van der Waals surface area contributed by atoms with E-state index >= 15 is 0 Å². The van der Waals surface area contributed by atoms with E-state index in [2.05, 4.69) is 10.2 Å². The fourth-order valence-corrected chi connectivity index (χ4v) is 1.63. The van der Waals surface area contributed by atoms with Crippen molar-refractivity contribution in [2.45, 2.75) is 13.5 Å². The van der Waals surface area contributed by atoms with E-state index in [1.165, 1.54) is 4.80 Å². The molecule has 88 valence electrons. The Bertz CT molecular complexity index is 507. The van der Waals surface area contributed by atoms with Gasteiger partial charge in [-0.2, -0.15) is 15.0 Å². The average Bonchev–Trinajstić information content (AvgIpc) is 2.81. The van der Waals surface area contributed by atoms with Crippen molar-refractivity contribution in [3.63, 3.8) is 0 Å². The highest BCUT2D eigenvalue weighted by molar-refractivity contribution is 5.93. The number of carbonyl (C=O) groups excluding carboxylic acids is 1. The minimum Gasteiger partial charge on any atom is -0.314 e. The summed E-state index contributed by atoms with van der Waals surface area (Å²) >= 11 is 0. The van der Waals surface area contributed by atoms with Crippen LogP contribution in [0.15, 0.2) is 36.7 Å². The molecule has 0 radical (unpaired) electrons. The Labute approximate surface area is 99.7 Å². The molecule has 0 aliphatic rings. The number of aromatic nitrogens is 3. The Balaban J connectivity index is 2.12. The molecule has 17 heavy (non-hydrogen) atoms. The van der Waals surface area contributed by atoms with E-state index in [1.54, 1.807) is 24.3 Å². The lowest BCUT2D eigenvalue weighted by Crippen LogP contribution is -2.31. The zero-order valence-electron chi connectivity index (χ0n) is 9.87. The Kier molecular flexibility index (Phi) is 3.18. The zero-order valence-corrected chi connectivity index (χ0v) is 9.87. The lowest BCUT2D eigenvalue weighted by Gasteiger charge is -2.19. The molecule has 0 fully saturated rings.